The predicted molar refractivity (Wildman–Crippen MR) is 99.5 cm³/mol. The Hall–Kier alpha value is -1.46. The van der Waals surface area contributed by atoms with E-state index in [0.29, 0.717) is 22.5 Å². The minimum atomic E-state index is -1.83. The van der Waals surface area contributed by atoms with Crippen LogP contribution in [0, 0.1) is 11.8 Å². The van der Waals surface area contributed by atoms with Crippen LogP contribution in [0.4, 0.5) is 4.79 Å². The van der Waals surface area contributed by atoms with Crippen molar-refractivity contribution in [1.82, 2.24) is 5.32 Å². The van der Waals surface area contributed by atoms with Gasteiger partial charge in [0.1, 0.15) is 0 Å². The number of nitrogens with one attached hydrogen (secondary N) is 1. The van der Waals surface area contributed by atoms with Gasteiger partial charge in [0, 0.05) is 16.1 Å². The van der Waals surface area contributed by atoms with E-state index < -0.39 is 6.16 Å². The molecule has 1 fully saturated rings. The molecule has 0 atom stereocenters. The first-order valence-corrected chi connectivity index (χ1v) is 9.09. The highest BCUT2D eigenvalue weighted by molar-refractivity contribution is 6.35. The topological polar surface area (TPSA) is 86.6 Å². The minimum Gasteiger partial charge on any atom is -0.450 e. The first-order valence-electron chi connectivity index (χ1n) is 8.34. The average Bonchev–Trinajstić information content (AvgIpc) is 2.50. The molecule has 0 radical (unpaired) electrons. The monoisotopic (exact) mass is 389 g/mol. The van der Waals surface area contributed by atoms with Gasteiger partial charge < -0.3 is 15.5 Å². The molecule has 3 N–H and O–H groups in total. The van der Waals surface area contributed by atoms with Gasteiger partial charge in [0.05, 0.1) is 6.42 Å². The summed E-state index contributed by atoms with van der Waals surface area (Å²) in [6.07, 6.45) is 3.08. The van der Waals surface area contributed by atoms with Crippen molar-refractivity contribution < 1.29 is 19.8 Å². The summed E-state index contributed by atoms with van der Waals surface area (Å²) in [5.74, 6) is 1.60. The van der Waals surface area contributed by atoms with Crippen LogP contribution < -0.4 is 5.32 Å². The Morgan fingerprint density at radius 1 is 1.16 bits per heavy atom. The van der Waals surface area contributed by atoms with Crippen molar-refractivity contribution in [3.63, 3.8) is 0 Å². The van der Waals surface area contributed by atoms with Crippen LogP contribution in [0.3, 0.4) is 0 Å². The number of carbonyl (C=O) groups excluding carboxylic acids is 1. The Bertz CT molecular complexity index is 580. The number of benzene rings is 1. The van der Waals surface area contributed by atoms with Crippen molar-refractivity contribution in [3.05, 3.63) is 33.8 Å². The molecule has 0 aliphatic heterocycles. The second-order valence-electron chi connectivity index (χ2n) is 6.62. The second kappa shape index (κ2) is 10.5. The lowest BCUT2D eigenvalue weighted by atomic mass is 9.79. The van der Waals surface area contributed by atoms with E-state index >= 15 is 0 Å². The zero-order chi connectivity index (χ0) is 19.0. The average molecular weight is 390 g/mol. The molecular weight excluding hydrogens is 365 g/mol. The number of hydrogen-bond acceptors (Lipinski definition) is 2. The first-order chi connectivity index (χ1) is 11.7. The third-order valence-electron chi connectivity index (χ3n) is 4.45. The molecule has 0 bridgehead atoms. The first kappa shape index (κ1) is 21.6. The Labute approximate surface area is 158 Å². The quantitative estimate of drug-likeness (QED) is 0.668. The molecule has 1 aliphatic carbocycles. The number of carbonyl (C=O) groups is 2. The van der Waals surface area contributed by atoms with Crippen LogP contribution in [0.1, 0.15) is 45.1 Å². The summed E-state index contributed by atoms with van der Waals surface area (Å²) < 4.78 is 0. The van der Waals surface area contributed by atoms with Gasteiger partial charge in [-0.1, -0.05) is 43.1 Å². The van der Waals surface area contributed by atoms with Crippen LogP contribution in [-0.4, -0.2) is 28.3 Å². The van der Waals surface area contributed by atoms with Crippen LogP contribution in [0.2, 0.25) is 10.0 Å². The molecule has 7 heteroatoms. The van der Waals surface area contributed by atoms with Crippen LogP contribution >= 0.6 is 23.2 Å². The Kier molecular flexibility index (Phi) is 9.08. The van der Waals surface area contributed by atoms with Gasteiger partial charge in [-0.05, 0) is 55.2 Å². The van der Waals surface area contributed by atoms with E-state index in [1.54, 1.807) is 12.1 Å². The van der Waals surface area contributed by atoms with Gasteiger partial charge in [0.2, 0.25) is 5.91 Å². The van der Waals surface area contributed by atoms with E-state index in [1.165, 1.54) is 12.8 Å². The Balaban J connectivity index is 0.000000705. The minimum absolute atomic E-state index is 0.0484. The molecule has 1 aromatic rings. The number of carboxylic acid groups (broad SMARTS) is 2. The van der Waals surface area contributed by atoms with Crippen molar-refractivity contribution in [1.29, 1.82) is 0 Å². The van der Waals surface area contributed by atoms with Gasteiger partial charge in [0.25, 0.3) is 0 Å². The van der Waals surface area contributed by atoms with Crippen molar-refractivity contribution in [2.75, 3.05) is 0 Å². The fraction of sp³-hybridized carbons (Fsp3) is 0.556. The Morgan fingerprint density at radius 2 is 1.72 bits per heavy atom. The summed E-state index contributed by atoms with van der Waals surface area (Å²) in [7, 11) is 0. The molecular formula is C18H25Cl2NO4. The highest BCUT2D eigenvalue weighted by Crippen LogP contribution is 2.30. The molecule has 1 aliphatic rings. The van der Waals surface area contributed by atoms with Crippen molar-refractivity contribution >= 4 is 35.3 Å². The number of rotatable bonds is 4. The zero-order valence-electron chi connectivity index (χ0n) is 14.5. The van der Waals surface area contributed by atoms with Crippen LogP contribution in [0.15, 0.2) is 18.2 Å². The summed E-state index contributed by atoms with van der Waals surface area (Å²) in [5, 5.41) is 18.2. The normalized spacial score (nSPS) is 19.7. The van der Waals surface area contributed by atoms with Gasteiger partial charge >= 0.3 is 6.16 Å². The molecule has 0 unspecified atom stereocenters. The number of halogens is 2. The third kappa shape index (κ3) is 8.45. The van der Waals surface area contributed by atoms with Crippen LogP contribution in [0.25, 0.3) is 0 Å². The lowest BCUT2D eigenvalue weighted by Crippen LogP contribution is -2.39. The van der Waals surface area contributed by atoms with Crippen LogP contribution in [0.5, 0.6) is 0 Å². The summed E-state index contributed by atoms with van der Waals surface area (Å²) in [5.41, 5.74) is 0.828. The molecule has 1 aromatic carbocycles. The van der Waals surface area contributed by atoms with Crippen molar-refractivity contribution in [3.8, 4) is 0 Å². The van der Waals surface area contributed by atoms with E-state index in [4.69, 9.17) is 38.2 Å². The van der Waals surface area contributed by atoms with Gasteiger partial charge in [0.15, 0.2) is 0 Å². The molecule has 0 heterocycles. The summed E-state index contributed by atoms with van der Waals surface area (Å²) in [6.45, 7) is 4.57. The zero-order valence-corrected chi connectivity index (χ0v) is 16.0. The van der Waals surface area contributed by atoms with Gasteiger partial charge in [-0.3, -0.25) is 4.79 Å². The summed E-state index contributed by atoms with van der Waals surface area (Å²) in [6, 6.07) is 5.59. The molecule has 0 saturated heterocycles. The number of amides is 1. The summed E-state index contributed by atoms with van der Waals surface area (Å²) >= 11 is 12.0. The molecule has 1 amide bonds. The predicted octanol–water partition coefficient (Wildman–Crippen LogP) is 5.09. The highest BCUT2D eigenvalue weighted by atomic mass is 35.5. The maximum Gasteiger partial charge on any atom is 0.503 e. The number of hydrogen-bond donors (Lipinski definition) is 3. The molecule has 0 spiro atoms. The molecule has 5 nitrogen and oxygen atoms in total. The second-order valence-corrected chi connectivity index (χ2v) is 7.46. The standard InChI is InChI=1S/C17H23Cl2NO.CH2O3/c1-11(2)12-4-7-15(8-5-12)20-17(21)9-13-3-6-14(18)10-16(13)19;2-1(3)4/h3,6,10-12,15H,4-5,7-9H2,1-2H3,(H,20,21);(H2,2,3,4). The van der Waals surface area contributed by atoms with Crippen molar-refractivity contribution in [2.45, 2.75) is 52.0 Å². The van der Waals surface area contributed by atoms with E-state index in [-0.39, 0.29) is 5.91 Å². The third-order valence-corrected chi connectivity index (χ3v) is 5.03. The smallest absolute Gasteiger partial charge is 0.450 e. The Morgan fingerprint density at radius 3 is 2.20 bits per heavy atom. The largest absolute Gasteiger partial charge is 0.503 e. The lowest BCUT2D eigenvalue weighted by molar-refractivity contribution is -0.121. The van der Waals surface area contributed by atoms with E-state index in [9.17, 15) is 4.79 Å². The molecule has 0 aromatic heterocycles. The fourth-order valence-corrected chi connectivity index (χ4v) is 3.52. The highest BCUT2D eigenvalue weighted by Gasteiger charge is 2.24. The molecule has 1 saturated carbocycles. The van der Waals surface area contributed by atoms with Crippen LogP contribution in [-0.2, 0) is 11.2 Å². The lowest BCUT2D eigenvalue weighted by Gasteiger charge is -2.31. The van der Waals surface area contributed by atoms with E-state index in [1.807, 2.05) is 6.07 Å². The van der Waals surface area contributed by atoms with Gasteiger partial charge in [-0.25, -0.2) is 4.79 Å². The molecule has 2 rings (SSSR count). The van der Waals surface area contributed by atoms with E-state index in [2.05, 4.69) is 19.2 Å². The molecule has 140 valence electrons. The van der Waals surface area contributed by atoms with Crippen molar-refractivity contribution in [2.24, 2.45) is 11.8 Å². The van der Waals surface area contributed by atoms with Gasteiger partial charge in [-0.15, -0.1) is 0 Å². The SMILES string of the molecule is CC(C)C1CCC(NC(=O)Cc2ccc(Cl)cc2Cl)CC1.O=C(O)O. The molecule has 25 heavy (non-hydrogen) atoms. The van der Waals surface area contributed by atoms with E-state index in [0.717, 1.165) is 30.2 Å². The maximum absolute atomic E-state index is 12.1. The maximum atomic E-state index is 12.1. The van der Waals surface area contributed by atoms with Gasteiger partial charge in [-0.2, -0.15) is 0 Å². The summed E-state index contributed by atoms with van der Waals surface area (Å²) in [4.78, 5) is 20.7. The fourth-order valence-electron chi connectivity index (χ4n) is 3.05.